The van der Waals surface area contributed by atoms with Gasteiger partial charge in [-0.2, -0.15) is 0 Å². The number of carbonyl (C=O) groups is 2. The molecule has 1 N–H and O–H groups in total. The van der Waals surface area contributed by atoms with E-state index in [2.05, 4.69) is 10.3 Å². The average Bonchev–Trinajstić information content (AvgIpc) is 3.09. The Balaban J connectivity index is 2.00. The highest BCUT2D eigenvalue weighted by atomic mass is 35.5. The number of hydrogen-bond acceptors (Lipinski definition) is 3. The molecule has 0 aliphatic heterocycles. The van der Waals surface area contributed by atoms with Gasteiger partial charge in [0.2, 0.25) is 0 Å². The number of aldehydes is 1. The van der Waals surface area contributed by atoms with Gasteiger partial charge in [-0.1, -0.05) is 11.6 Å². The van der Waals surface area contributed by atoms with E-state index in [-0.39, 0.29) is 23.1 Å². The maximum atomic E-state index is 13.3. The number of hydrogen-bond donors (Lipinski definition) is 1. The highest BCUT2D eigenvalue weighted by Crippen LogP contribution is 2.28. The van der Waals surface area contributed by atoms with Crippen LogP contribution >= 0.6 is 11.6 Å². The maximum absolute atomic E-state index is 13.3. The van der Waals surface area contributed by atoms with Crippen molar-refractivity contribution in [3.8, 4) is 11.3 Å². The van der Waals surface area contributed by atoms with Gasteiger partial charge in [0.25, 0.3) is 5.91 Å². The highest BCUT2D eigenvalue weighted by Gasteiger charge is 2.21. The Hall–Kier alpha value is -2.99. The van der Waals surface area contributed by atoms with E-state index in [1.165, 1.54) is 24.3 Å². The number of rotatable bonds is 5. The van der Waals surface area contributed by atoms with E-state index in [0.29, 0.717) is 28.3 Å². The normalized spacial score (nSPS) is 10.9. The van der Waals surface area contributed by atoms with Crippen molar-refractivity contribution in [2.24, 2.45) is 0 Å². The van der Waals surface area contributed by atoms with E-state index in [9.17, 15) is 14.0 Å². The molecule has 0 saturated carbocycles. The Labute approximate surface area is 160 Å². The van der Waals surface area contributed by atoms with E-state index < -0.39 is 5.91 Å². The molecule has 0 unspecified atom stereocenters. The third-order valence-electron chi connectivity index (χ3n) is 4.06. The van der Waals surface area contributed by atoms with Gasteiger partial charge in [0.1, 0.15) is 5.82 Å². The molecule has 1 amide bonds. The summed E-state index contributed by atoms with van der Waals surface area (Å²) in [6.45, 7) is 3.93. The SMILES string of the molecule is CC(C)n1cnc(C(=O)Nc2ccc(Cl)c(C=O)c2)c1-c1ccc(F)cc1. The third-order valence-corrected chi connectivity index (χ3v) is 4.41. The summed E-state index contributed by atoms with van der Waals surface area (Å²) in [7, 11) is 0. The van der Waals surface area contributed by atoms with Crippen LogP contribution in [-0.2, 0) is 0 Å². The summed E-state index contributed by atoms with van der Waals surface area (Å²) in [5.74, 6) is -0.796. The largest absolute Gasteiger partial charge is 0.327 e. The first kappa shape index (κ1) is 18.8. The van der Waals surface area contributed by atoms with Crippen LogP contribution in [0.5, 0.6) is 0 Å². The van der Waals surface area contributed by atoms with Crippen molar-refractivity contribution in [2.45, 2.75) is 19.9 Å². The van der Waals surface area contributed by atoms with Crippen molar-refractivity contribution >= 4 is 29.5 Å². The number of halogens is 2. The van der Waals surface area contributed by atoms with E-state index >= 15 is 0 Å². The minimum absolute atomic E-state index is 0.0521. The minimum atomic E-state index is -0.437. The first-order valence-electron chi connectivity index (χ1n) is 8.29. The van der Waals surface area contributed by atoms with Crippen LogP contribution in [0.15, 0.2) is 48.8 Å². The van der Waals surface area contributed by atoms with Crippen LogP contribution in [0.2, 0.25) is 5.02 Å². The van der Waals surface area contributed by atoms with Crippen LogP contribution in [0.1, 0.15) is 40.7 Å². The maximum Gasteiger partial charge on any atom is 0.276 e. The third kappa shape index (κ3) is 3.90. The number of nitrogens with zero attached hydrogens (tertiary/aromatic N) is 2. The van der Waals surface area contributed by atoms with Gasteiger partial charge < -0.3 is 9.88 Å². The van der Waals surface area contributed by atoms with E-state index in [0.717, 1.165) is 0 Å². The van der Waals surface area contributed by atoms with E-state index in [4.69, 9.17) is 11.6 Å². The molecule has 0 aliphatic rings. The number of imidazole rings is 1. The van der Waals surface area contributed by atoms with Crippen LogP contribution in [0.25, 0.3) is 11.3 Å². The topological polar surface area (TPSA) is 64.0 Å². The summed E-state index contributed by atoms with van der Waals surface area (Å²) in [5, 5.41) is 3.03. The average molecular weight is 386 g/mol. The molecule has 0 fully saturated rings. The van der Waals surface area contributed by atoms with Crippen LogP contribution in [0.4, 0.5) is 10.1 Å². The Bertz CT molecular complexity index is 997. The standard InChI is InChI=1S/C20H17ClFN3O2/c1-12(2)25-11-23-18(19(25)13-3-5-15(22)6-4-13)20(27)24-16-7-8-17(21)14(9-16)10-26/h3-12H,1-2H3,(H,24,27). The van der Waals surface area contributed by atoms with Gasteiger partial charge in [0, 0.05) is 22.9 Å². The van der Waals surface area contributed by atoms with Crippen LogP contribution in [-0.4, -0.2) is 21.7 Å². The molecular formula is C20H17ClFN3O2. The molecule has 3 rings (SSSR count). The Morgan fingerprint density at radius 2 is 1.93 bits per heavy atom. The molecule has 1 heterocycles. The molecule has 5 nitrogen and oxygen atoms in total. The molecule has 0 spiro atoms. The van der Waals surface area contributed by atoms with Gasteiger partial charge in [-0.3, -0.25) is 9.59 Å². The summed E-state index contributed by atoms with van der Waals surface area (Å²) in [6, 6.07) is 10.6. The molecule has 0 saturated heterocycles. The molecule has 0 bridgehead atoms. The van der Waals surface area contributed by atoms with Crippen LogP contribution < -0.4 is 5.32 Å². The molecular weight excluding hydrogens is 369 g/mol. The summed E-state index contributed by atoms with van der Waals surface area (Å²) < 4.78 is 15.1. The number of carbonyl (C=O) groups excluding carboxylic acids is 2. The van der Waals surface area contributed by atoms with Gasteiger partial charge >= 0.3 is 0 Å². The Morgan fingerprint density at radius 3 is 2.56 bits per heavy atom. The van der Waals surface area contributed by atoms with Gasteiger partial charge in [0.15, 0.2) is 12.0 Å². The Morgan fingerprint density at radius 1 is 1.22 bits per heavy atom. The number of amides is 1. The zero-order valence-corrected chi connectivity index (χ0v) is 15.5. The minimum Gasteiger partial charge on any atom is -0.327 e. The molecule has 2 aromatic carbocycles. The lowest BCUT2D eigenvalue weighted by atomic mass is 10.1. The van der Waals surface area contributed by atoms with Crippen LogP contribution in [0.3, 0.4) is 0 Å². The molecule has 0 aliphatic carbocycles. The van der Waals surface area contributed by atoms with Gasteiger partial charge in [-0.15, -0.1) is 0 Å². The fourth-order valence-corrected chi connectivity index (χ4v) is 2.88. The molecule has 0 radical (unpaired) electrons. The molecule has 27 heavy (non-hydrogen) atoms. The van der Waals surface area contributed by atoms with Crippen molar-refractivity contribution < 1.29 is 14.0 Å². The zero-order chi connectivity index (χ0) is 19.6. The van der Waals surface area contributed by atoms with Crippen molar-refractivity contribution in [1.29, 1.82) is 0 Å². The first-order valence-corrected chi connectivity index (χ1v) is 8.67. The highest BCUT2D eigenvalue weighted by molar-refractivity contribution is 6.33. The quantitative estimate of drug-likeness (QED) is 0.629. The van der Waals surface area contributed by atoms with Crippen LogP contribution in [0, 0.1) is 5.82 Å². The fraction of sp³-hybridized carbons (Fsp3) is 0.150. The predicted octanol–water partition coefficient (Wildman–Crippen LogP) is 4.99. The van der Waals surface area contributed by atoms with E-state index in [1.54, 1.807) is 24.5 Å². The number of anilines is 1. The van der Waals surface area contributed by atoms with Crippen molar-refractivity contribution in [2.75, 3.05) is 5.32 Å². The second-order valence-electron chi connectivity index (χ2n) is 6.26. The summed E-state index contributed by atoms with van der Waals surface area (Å²) in [4.78, 5) is 28.1. The molecule has 7 heteroatoms. The van der Waals surface area contributed by atoms with Crippen molar-refractivity contribution in [3.05, 3.63) is 70.9 Å². The summed E-state index contributed by atoms with van der Waals surface area (Å²) >= 11 is 5.92. The molecule has 1 aromatic heterocycles. The van der Waals surface area contributed by atoms with Gasteiger partial charge in [-0.25, -0.2) is 9.37 Å². The second-order valence-corrected chi connectivity index (χ2v) is 6.67. The summed E-state index contributed by atoms with van der Waals surface area (Å²) in [5.41, 5.74) is 2.18. The summed E-state index contributed by atoms with van der Waals surface area (Å²) in [6.07, 6.45) is 2.20. The lowest BCUT2D eigenvalue weighted by Gasteiger charge is -2.14. The van der Waals surface area contributed by atoms with Gasteiger partial charge in [0.05, 0.1) is 17.0 Å². The second kappa shape index (κ2) is 7.72. The molecule has 138 valence electrons. The monoisotopic (exact) mass is 385 g/mol. The fourth-order valence-electron chi connectivity index (χ4n) is 2.71. The smallest absolute Gasteiger partial charge is 0.276 e. The number of benzene rings is 2. The van der Waals surface area contributed by atoms with Gasteiger partial charge in [-0.05, 0) is 56.3 Å². The van der Waals surface area contributed by atoms with Crippen molar-refractivity contribution in [1.82, 2.24) is 9.55 Å². The zero-order valence-electron chi connectivity index (χ0n) is 14.7. The number of nitrogens with one attached hydrogen (secondary N) is 1. The molecule has 3 aromatic rings. The first-order chi connectivity index (χ1) is 12.9. The lowest BCUT2D eigenvalue weighted by molar-refractivity contribution is 0.102. The molecule has 0 atom stereocenters. The predicted molar refractivity (Wildman–Crippen MR) is 103 cm³/mol. The lowest BCUT2D eigenvalue weighted by Crippen LogP contribution is -2.14. The number of aromatic nitrogens is 2. The van der Waals surface area contributed by atoms with Crippen molar-refractivity contribution in [3.63, 3.8) is 0 Å². The van der Waals surface area contributed by atoms with E-state index in [1.807, 2.05) is 18.4 Å². The Kier molecular flexibility index (Phi) is 5.37.